The van der Waals surface area contributed by atoms with Crippen LogP contribution in [0.5, 0.6) is 0 Å². The van der Waals surface area contributed by atoms with Crippen molar-refractivity contribution in [3.05, 3.63) is 30.4 Å². The predicted octanol–water partition coefficient (Wildman–Crippen LogP) is 0.827. The topological polar surface area (TPSA) is 112 Å². The van der Waals surface area contributed by atoms with Gasteiger partial charge in [-0.25, -0.2) is 28.4 Å². The van der Waals surface area contributed by atoms with Gasteiger partial charge in [-0.2, -0.15) is 0 Å². The van der Waals surface area contributed by atoms with Gasteiger partial charge in [-0.05, 0) is 32.9 Å². The van der Waals surface area contributed by atoms with E-state index in [-0.39, 0.29) is 17.2 Å². The summed E-state index contributed by atoms with van der Waals surface area (Å²) in [4.78, 5) is 20.9. The minimum atomic E-state index is -3.46. The number of piperazine rings is 1. The van der Waals surface area contributed by atoms with Crippen LogP contribution in [-0.2, 0) is 9.84 Å². The van der Waals surface area contributed by atoms with Crippen molar-refractivity contribution in [3.8, 4) is 0 Å². The highest BCUT2D eigenvalue weighted by Crippen LogP contribution is 2.26. The number of anilines is 2. The van der Waals surface area contributed by atoms with Crippen molar-refractivity contribution >= 4 is 21.5 Å². The molecular weight excluding hydrogens is 368 g/mol. The molecule has 1 aliphatic heterocycles. The van der Waals surface area contributed by atoms with Crippen LogP contribution in [0.1, 0.15) is 32.7 Å². The molecule has 1 N–H and O–H groups in total. The Bertz CT molecular complexity index is 908. The maximum absolute atomic E-state index is 11.7. The van der Waals surface area contributed by atoms with Gasteiger partial charge in [0, 0.05) is 43.8 Å². The van der Waals surface area contributed by atoms with Crippen LogP contribution in [0.15, 0.2) is 29.7 Å². The molecule has 0 radical (unpaired) electrons. The minimum absolute atomic E-state index is 0.0992. The van der Waals surface area contributed by atoms with Gasteiger partial charge in [-0.3, -0.25) is 0 Å². The van der Waals surface area contributed by atoms with E-state index in [1.54, 1.807) is 19.2 Å². The van der Waals surface area contributed by atoms with Gasteiger partial charge in [-0.15, -0.1) is 0 Å². The lowest BCUT2D eigenvalue weighted by Crippen LogP contribution is -2.57. The lowest BCUT2D eigenvalue weighted by molar-refractivity contribution is 0.189. The largest absolute Gasteiger partial charge is 0.385 e. The third kappa shape index (κ3) is 4.16. The highest BCUT2D eigenvalue weighted by atomic mass is 32.2. The molecule has 146 valence electrons. The summed E-state index contributed by atoms with van der Waals surface area (Å²) in [5, 5.41) is 9.58. The van der Waals surface area contributed by atoms with Gasteiger partial charge >= 0.3 is 0 Å². The average molecular weight is 392 g/mol. The molecule has 27 heavy (non-hydrogen) atoms. The monoisotopic (exact) mass is 392 g/mol. The summed E-state index contributed by atoms with van der Waals surface area (Å²) >= 11 is 0. The lowest BCUT2D eigenvalue weighted by atomic mass is 10.1. The summed E-state index contributed by atoms with van der Waals surface area (Å²) in [6.45, 7) is 7.09. The second-order valence-electron chi connectivity index (χ2n) is 6.93. The molecule has 2 aromatic heterocycles. The van der Waals surface area contributed by atoms with Gasteiger partial charge in [0.25, 0.3) is 0 Å². The van der Waals surface area contributed by atoms with Crippen molar-refractivity contribution in [2.75, 3.05) is 29.1 Å². The van der Waals surface area contributed by atoms with Crippen LogP contribution in [0.25, 0.3) is 0 Å². The number of rotatable bonds is 4. The quantitative estimate of drug-likeness (QED) is 0.756. The van der Waals surface area contributed by atoms with Crippen molar-refractivity contribution in [2.24, 2.45) is 0 Å². The number of sulfone groups is 1. The summed E-state index contributed by atoms with van der Waals surface area (Å²) in [6, 6.07) is 3.75. The Balaban J connectivity index is 1.85. The molecule has 3 rings (SSSR count). The van der Waals surface area contributed by atoms with E-state index < -0.39 is 15.9 Å². The first-order valence-electron chi connectivity index (χ1n) is 8.74. The van der Waals surface area contributed by atoms with Gasteiger partial charge in [0.1, 0.15) is 17.7 Å². The van der Waals surface area contributed by atoms with Crippen LogP contribution in [0.4, 0.5) is 11.6 Å². The molecule has 3 atom stereocenters. The average Bonchev–Trinajstić information content (AvgIpc) is 2.61. The van der Waals surface area contributed by atoms with Gasteiger partial charge in [0.15, 0.2) is 5.82 Å². The fourth-order valence-corrected chi connectivity index (χ4v) is 3.87. The Morgan fingerprint density at radius 2 is 1.67 bits per heavy atom. The van der Waals surface area contributed by atoms with Crippen molar-refractivity contribution in [2.45, 2.75) is 44.1 Å². The second-order valence-corrected chi connectivity index (χ2v) is 8.84. The van der Waals surface area contributed by atoms with Crippen molar-refractivity contribution in [1.29, 1.82) is 0 Å². The first kappa shape index (κ1) is 19.4. The number of hydrogen-bond donors (Lipinski definition) is 1. The number of aliphatic hydroxyl groups is 1. The zero-order chi connectivity index (χ0) is 19.8. The molecule has 0 amide bonds. The van der Waals surface area contributed by atoms with Crippen molar-refractivity contribution in [1.82, 2.24) is 19.9 Å². The third-order valence-electron chi connectivity index (χ3n) is 4.49. The maximum Gasteiger partial charge on any atom is 0.248 e. The summed E-state index contributed by atoms with van der Waals surface area (Å²) in [5.74, 6) is 1.75. The molecule has 1 fully saturated rings. The first-order valence-corrected chi connectivity index (χ1v) is 10.6. The molecule has 0 spiro atoms. The molecule has 3 heterocycles. The van der Waals surface area contributed by atoms with E-state index in [2.05, 4.69) is 43.6 Å². The van der Waals surface area contributed by atoms with Crippen molar-refractivity contribution in [3.63, 3.8) is 0 Å². The molecular formula is C17H24N6O3S. The Morgan fingerprint density at radius 1 is 1.07 bits per heavy atom. The van der Waals surface area contributed by atoms with E-state index in [1.165, 1.54) is 6.20 Å². The number of aromatic nitrogens is 4. The van der Waals surface area contributed by atoms with Crippen molar-refractivity contribution < 1.29 is 13.5 Å². The van der Waals surface area contributed by atoms with E-state index in [0.717, 1.165) is 12.1 Å². The summed E-state index contributed by atoms with van der Waals surface area (Å²) in [6.07, 6.45) is 3.50. The molecule has 0 aromatic carbocycles. The third-order valence-corrected chi connectivity index (χ3v) is 5.35. The standard InChI is InChI=1S/C17H24N6O3S/c1-11-9-22(14-5-8-19-17(21-14)27(4,25)26)10-12(2)23(11)15-6-7-18-16(20-15)13(3)24/h5-8,11-13,24H,9-10H2,1-4H3/t11-,12+,13-/m1/s1. The van der Waals surface area contributed by atoms with Crippen LogP contribution >= 0.6 is 0 Å². The first-order chi connectivity index (χ1) is 12.7. The Labute approximate surface area is 159 Å². The fraction of sp³-hybridized carbons (Fsp3) is 0.529. The molecule has 1 saturated heterocycles. The van der Waals surface area contributed by atoms with Crippen LogP contribution in [0, 0.1) is 0 Å². The Kier molecular flexibility index (Phi) is 5.29. The van der Waals surface area contributed by atoms with E-state index >= 15 is 0 Å². The number of hydrogen-bond acceptors (Lipinski definition) is 9. The minimum Gasteiger partial charge on any atom is -0.385 e. The van der Waals surface area contributed by atoms with Crippen LogP contribution in [0.2, 0.25) is 0 Å². The zero-order valence-corrected chi connectivity index (χ0v) is 16.6. The molecule has 2 aromatic rings. The van der Waals surface area contributed by atoms with E-state index in [4.69, 9.17) is 0 Å². The molecule has 0 saturated carbocycles. The molecule has 1 aliphatic rings. The van der Waals surface area contributed by atoms with Gasteiger partial charge in [-0.1, -0.05) is 0 Å². The molecule has 0 unspecified atom stereocenters. The lowest BCUT2D eigenvalue weighted by Gasteiger charge is -2.45. The maximum atomic E-state index is 11.7. The van der Waals surface area contributed by atoms with E-state index in [1.807, 2.05) is 6.07 Å². The van der Waals surface area contributed by atoms with E-state index in [9.17, 15) is 13.5 Å². The number of nitrogens with zero attached hydrogens (tertiary/aromatic N) is 6. The second kappa shape index (κ2) is 7.35. The normalized spacial score (nSPS) is 22.0. The fourth-order valence-electron chi connectivity index (χ4n) is 3.36. The van der Waals surface area contributed by atoms with Crippen LogP contribution in [-0.4, -0.2) is 64.9 Å². The predicted molar refractivity (Wildman–Crippen MR) is 101 cm³/mol. The van der Waals surface area contributed by atoms with Crippen LogP contribution in [0.3, 0.4) is 0 Å². The molecule has 9 nitrogen and oxygen atoms in total. The molecule has 10 heteroatoms. The summed E-state index contributed by atoms with van der Waals surface area (Å²) < 4.78 is 23.5. The molecule has 0 bridgehead atoms. The SMILES string of the molecule is C[C@@H]1CN(c2ccnc(S(C)(=O)=O)n2)C[C@H](C)N1c1ccnc([C@@H](C)O)n1. The van der Waals surface area contributed by atoms with Gasteiger partial charge in [0.05, 0.1) is 0 Å². The van der Waals surface area contributed by atoms with Crippen LogP contribution < -0.4 is 9.80 Å². The number of aliphatic hydroxyl groups excluding tert-OH is 1. The summed E-state index contributed by atoms with van der Waals surface area (Å²) in [7, 11) is -3.46. The Hall–Kier alpha value is -2.33. The Morgan fingerprint density at radius 3 is 2.26 bits per heavy atom. The molecule has 0 aliphatic carbocycles. The van der Waals surface area contributed by atoms with E-state index in [0.29, 0.717) is 24.7 Å². The smallest absolute Gasteiger partial charge is 0.248 e. The highest BCUT2D eigenvalue weighted by Gasteiger charge is 2.31. The summed E-state index contributed by atoms with van der Waals surface area (Å²) in [5.41, 5.74) is 0. The highest BCUT2D eigenvalue weighted by molar-refractivity contribution is 7.90. The zero-order valence-electron chi connectivity index (χ0n) is 15.8. The van der Waals surface area contributed by atoms with Gasteiger partial charge < -0.3 is 14.9 Å². The van der Waals surface area contributed by atoms with Gasteiger partial charge in [0.2, 0.25) is 15.0 Å².